The van der Waals surface area contributed by atoms with E-state index >= 15 is 0 Å². The van der Waals surface area contributed by atoms with Gasteiger partial charge in [-0.15, -0.1) is 0 Å². The first-order valence-electron chi connectivity index (χ1n) is 9.27. The predicted molar refractivity (Wildman–Crippen MR) is 122 cm³/mol. The molecule has 4 amide bonds. The van der Waals surface area contributed by atoms with Gasteiger partial charge < -0.3 is 10.6 Å². The van der Waals surface area contributed by atoms with Gasteiger partial charge in [-0.3, -0.25) is 14.5 Å². The Bertz CT molecular complexity index is 1250. The molecule has 3 aromatic rings. The van der Waals surface area contributed by atoms with E-state index in [-0.39, 0.29) is 20.8 Å². The molecule has 6 nitrogen and oxygen atoms in total. The van der Waals surface area contributed by atoms with E-state index in [1.165, 1.54) is 12.1 Å². The number of amides is 4. The van der Waals surface area contributed by atoms with E-state index in [4.69, 9.17) is 34.8 Å². The zero-order valence-corrected chi connectivity index (χ0v) is 18.5. The summed E-state index contributed by atoms with van der Waals surface area (Å²) in [4.78, 5) is 39.0. The van der Waals surface area contributed by atoms with Crippen molar-refractivity contribution in [3.8, 4) is 0 Å². The first-order valence-corrected chi connectivity index (χ1v) is 10.4. The fourth-order valence-corrected chi connectivity index (χ4v) is 4.08. The number of halogens is 3. The van der Waals surface area contributed by atoms with E-state index in [2.05, 4.69) is 10.6 Å². The number of urea groups is 1. The lowest BCUT2D eigenvalue weighted by Gasteiger charge is -2.22. The molecule has 0 saturated carbocycles. The molecule has 0 unspecified atom stereocenters. The second kappa shape index (κ2) is 8.04. The van der Waals surface area contributed by atoms with Gasteiger partial charge in [0.15, 0.2) is 0 Å². The number of nitrogens with one attached hydrogen (secondary N) is 2. The number of nitrogens with zero attached hydrogens (tertiary/aromatic N) is 1. The molecule has 0 aliphatic carbocycles. The topological polar surface area (TPSA) is 78.5 Å². The van der Waals surface area contributed by atoms with E-state index in [1.54, 1.807) is 13.0 Å². The summed E-state index contributed by atoms with van der Waals surface area (Å²) < 4.78 is 0. The Hall–Kier alpha value is -2.80. The van der Waals surface area contributed by atoms with Gasteiger partial charge in [-0.05, 0) is 41.5 Å². The van der Waals surface area contributed by atoms with Crippen LogP contribution in [-0.2, 0) is 15.1 Å². The van der Waals surface area contributed by atoms with Gasteiger partial charge in [-0.2, -0.15) is 0 Å². The average molecular weight is 477 g/mol. The van der Waals surface area contributed by atoms with Gasteiger partial charge in [0.05, 0.1) is 20.8 Å². The van der Waals surface area contributed by atoms with Gasteiger partial charge in [0, 0.05) is 0 Å². The zero-order valence-electron chi connectivity index (χ0n) is 16.2. The van der Waals surface area contributed by atoms with Crippen LogP contribution in [0, 0.1) is 0 Å². The summed E-state index contributed by atoms with van der Waals surface area (Å²) in [5.41, 5.74) is -0.437. The maximum Gasteiger partial charge on any atom is 0.325 e. The number of fused-ring (bicyclic) bond motifs is 1. The molecule has 0 spiro atoms. The van der Waals surface area contributed by atoms with Crippen molar-refractivity contribution in [2.75, 3.05) is 11.9 Å². The van der Waals surface area contributed by atoms with Gasteiger partial charge in [0.2, 0.25) is 5.91 Å². The molecule has 1 saturated heterocycles. The first-order chi connectivity index (χ1) is 14.7. The van der Waals surface area contributed by atoms with Crippen molar-refractivity contribution in [3.63, 3.8) is 0 Å². The predicted octanol–water partition coefficient (Wildman–Crippen LogP) is 5.21. The lowest BCUT2D eigenvalue weighted by molar-refractivity contribution is -0.133. The molecule has 1 aliphatic heterocycles. The third-order valence-electron chi connectivity index (χ3n) is 5.19. The van der Waals surface area contributed by atoms with Crippen LogP contribution in [0.4, 0.5) is 10.5 Å². The number of hydrogen-bond acceptors (Lipinski definition) is 3. The molecule has 1 aliphatic rings. The Morgan fingerprint density at radius 1 is 0.968 bits per heavy atom. The number of anilines is 1. The lowest BCUT2D eigenvalue weighted by atomic mass is 9.90. The van der Waals surface area contributed by atoms with Gasteiger partial charge in [-0.1, -0.05) is 71.2 Å². The molecular weight excluding hydrogens is 461 g/mol. The zero-order chi connectivity index (χ0) is 22.3. The molecule has 0 bridgehead atoms. The van der Waals surface area contributed by atoms with E-state index < -0.39 is 29.9 Å². The Morgan fingerprint density at radius 2 is 1.65 bits per heavy atom. The monoisotopic (exact) mass is 475 g/mol. The summed E-state index contributed by atoms with van der Waals surface area (Å²) in [5.74, 6) is -1.13. The van der Waals surface area contributed by atoms with E-state index in [0.717, 1.165) is 15.7 Å². The number of imide groups is 1. The summed E-state index contributed by atoms with van der Waals surface area (Å²) in [7, 11) is 0. The van der Waals surface area contributed by atoms with Crippen molar-refractivity contribution in [2.45, 2.75) is 12.5 Å². The second-order valence-corrected chi connectivity index (χ2v) is 8.52. The van der Waals surface area contributed by atoms with Crippen LogP contribution in [0.5, 0.6) is 0 Å². The minimum Gasteiger partial charge on any atom is -0.323 e. The molecule has 2 N–H and O–H groups in total. The summed E-state index contributed by atoms with van der Waals surface area (Å²) in [6.45, 7) is 1.13. The summed E-state index contributed by atoms with van der Waals surface area (Å²) in [6.07, 6.45) is 0. The third-order valence-corrected chi connectivity index (χ3v) is 6.22. The molecule has 1 atom stereocenters. The van der Waals surface area contributed by atoms with Crippen LogP contribution in [0.2, 0.25) is 15.1 Å². The minimum absolute atomic E-state index is 0.181. The molecule has 4 rings (SSSR count). The number of hydrogen-bond donors (Lipinski definition) is 2. The van der Waals surface area contributed by atoms with Crippen molar-refractivity contribution >= 4 is 69.1 Å². The largest absolute Gasteiger partial charge is 0.325 e. The van der Waals surface area contributed by atoms with Crippen LogP contribution >= 0.6 is 34.8 Å². The smallest absolute Gasteiger partial charge is 0.323 e. The Morgan fingerprint density at radius 3 is 2.39 bits per heavy atom. The summed E-state index contributed by atoms with van der Waals surface area (Å²) in [5, 5.41) is 7.84. The van der Waals surface area contributed by atoms with Crippen molar-refractivity contribution < 1.29 is 14.4 Å². The second-order valence-electron chi connectivity index (χ2n) is 7.30. The Labute approximate surface area is 193 Å². The average Bonchev–Trinajstić information content (AvgIpc) is 2.95. The van der Waals surface area contributed by atoms with Crippen LogP contribution in [0.25, 0.3) is 10.8 Å². The standard InChI is InChI=1S/C22H16Cl3N3O3/c1-22(14-7-6-12-4-2-3-5-13(12)8-14)20(30)28(21(31)27-22)11-19(29)26-18-10-16(24)15(23)9-17(18)25/h2-10H,11H2,1H3,(H,26,29)(H,27,31)/t22-/m1/s1. The van der Waals surface area contributed by atoms with Gasteiger partial charge in [-0.25, -0.2) is 4.79 Å². The molecule has 0 aromatic heterocycles. The number of carbonyl (C=O) groups is 3. The molecule has 158 valence electrons. The summed E-state index contributed by atoms with van der Waals surface area (Å²) in [6, 6.07) is 15.4. The number of carbonyl (C=O) groups excluding carboxylic acids is 3. The Balaban J connectivity index is 1.55. The number of benzene rings is 3. The summed E-state index contributed by atoms with van der Waals surface area (Å²) >= 11 is 17.9. The van der Waals surface area contributed by atoms with Crippen LogP contribution in [0.1, 0.15) is 12.5 Å². The molecule has 1 fully saturated rings. The normalized spacial score (nSPS) is 18.4. The van der Waals surface area contributed by atoms with E-state index in [1.807, 2.05) is 36.4 Å². The highest BCUT2D eigenvalue weighted by molar-refractivity contribution is 6.44. The van der Waals surface area contributed by atoms with Crippen LogP contribution in [-0.4, -0.2) is 29.3 Å². The highest BCUT2D eigenvalue weighted by Crippen LogP contribution is 2.33. The highest BCUT2D eigenvalue weighted by atomic mass is 35.5. The molecule has 31 heavy (non-hydrogen) atoms. The maximum atomic E-state index is 13.1. The van der Waals surface area contributed by atoms with Crippen molar-refractivity contribution in [2.24, 2.45) is 0 Å². The van der Waals surface area contributed by atoms with Crippen molar-refractivity contribution in [3.05, 3.63) is 75.2 Å². The molecule has 1 heterocycles. The quantitative estimate of drug-likeness (QED) is 0.401. The van der Waals surface area contributed by atoms with Gasteiger partial charge >= 0.3 is 6.03 Å². The van der Waals surface area contributed by atoms with Crippen molar-refractivity contribution in [1.82, 2.24) is 10.2 Å². The molecule has 0 radical (unpaired) electrons. The fourth-order valence-electron chi connectivity index (χ4n) is 3.49. The maximum absolute atomic E-state index is 13.1. The third kappa shape index (κ3) is 3.94. The van der Waals surface area contributed by atoms with Crippen molar-refractivity contribution in [1.29, 1.82) is 0 Å². The lowest BCUT2D eigenvalue weighted by Crippen LogP contribution is -2.42. The first kappa shape index (κ1) is 21.4. The number of rotatable bonds is 4. The molecule has 9 heteroatoms. The Kier molecular flexibility index (Phi) is 5.56. The highest BCUT2D eigenvalue weighted by Gasteiger charge is 2.49. The van der Waals surface area contributed by atoms with Gasteiger partial charge in [0.1, 0.15) is 12.1 Å². The SMILES string of the molecule is C[C@]1(c2ccc3ccccc3c2)NC(=O)N(CC(=O)Nc2cc(Cl)c(Cl)cc2Cl)C1=O. The van der Waals surface area contributed by atoms with Gasteiger partial charge in [0.25, 0.3) is 5.91 Å². The van der Waals surface area contributed by atoms with Crippen LogP contribution < -0.4 is 10.6 Å². The van der Waals surface area contributed by atoms with E-state index in [0.29, 0.717) is 5.56 Å². The van der Waals surface area contributed by atoms with Crippen LogP contribution in [0.15, 0.2) is 54.6 Å². The molecule has 3 aromatic carbocycles. The minimum atomic E-state index is -1.29. The van der Waals surface area contributed by atoms with Crippen LogP contribution in [0.3, 0.4) is 0 Å². The van der Waals surface area contributed by atoms with E-state index in [9.17, 15) is 14.4 Å². The fraction of sp³-hybridized carbons (Fsp3) is 0.136. The molecular formula is C22H16Cl3N3O3.